The van der Waals surface area contributed by atoms with E-state index in [1.165, 1.54) is 0 Å². The molecule has 5 nitrogen and oxygen atoms in total. The van der Waals surface area contributed by atoms with Crippen molar-refractivity contribution in [1.82, 2.24) is 4.98 Å². The summed E-state index contributed by atoms with van der Waals surface area (Å²) < 4.78 is 5.09. The Bertz CT molecular complexity index is 658. The molecular formula is C14H15ClN2O3S. The molecule has 0 aliphatic rings. The number of hydrogen-bond donors (Lipinski definition) is 2. The number of rotatable bonds is 6. The molecule has 0 unspecified atom stereocenters. The molecule has 7 heteroatoms. The number of aromatic nitrogens is 1. The molecule has 1 aromatic heterocycles. The Balaban J connectivity index is 2.25. The molecule has 2 rings (SSSR count). The zero-order chi connectivity index (χ0) is 15.4. The first-order chi connectivity index (χ1) is 10.0. The monoisotopic (exact) mass is 326 g/mol. The summed E-state index contributed by atoms with van der Waals surface area (Å²) in [6.45, 7) is 1.99. The fourth-order valence-electron chi connectivity index (χ4n) is 1.85. The SMILES string of the molecule is CCCc1nc(Nc2ccc(OC)c(Cl)c2)sc1C(=O)O. The van der Waals surface area contributed by atoms with Gasteiger partial charge in [-0.1, -0.05) is 36.3 Å². The summed E-state index contributed by atoms with van der Waals surface area (Å²) in [4.78, 5) is 15.8. The quantitative estimate of drug-likeness (QED) is 0.832. The number of halogens is 1. The first kappa shape index (κ1) is 15.6. The molecule has 2 N–H and O–H groups in total. The average molecular weight is 327 g/mol. The lowest BCUT2D eigenvalue weighted by Gasteiger charge is -2.06. The number of hydrogen-bond acceptors (Lipinski definition) is 5. The number of nitrogens with one attached hydrogen (secondary N) is 1. The summed E-state index contributed by atoms with van der Waals surface area (Å²) >= 11 is 7.18. The number of carboxylic acids is 1. The van der Waals surface area contributed by atoms with Gasteiger partial charge in [-0.15, -0.1) is 0 Å². The highest BCUT2D eigenvalue weighted by atomic mass is 35.5. The van der Waals surface area contributed by atoms with Gasteiger partial charge in [0.2, 0.25) is 0 Å². The molecule has 0 aliphatic heterocycles. The van der Waals surface area contributed by atoms with Gasteiger partial charge < -0.3 is 15.2 Å². The van der Waals surface area contributed by atoms with Gasteiger partial charge >= 0.3 is 5.97 Å². The third-order valence-electron chi connectivity index (χ3n) is 2.78. The van der Waals surface area contributed by atoms with Crippen molar-refractivity contribution in [2.75, 3.05) is 12.4 Å². The number of ether oxygens (including phenoxy) is 1. The molecule has 0 saturated carbocycles. The highest BCUT2D eigenvalue weighted by Gasteiger charge is 2.16. The number of thiazole rings is 1. The van der Waals surface area contributed by atoms with Crippen LogP contribution in [0, 0.1) is 0 Å². The Kier molecular flexibility index (Phi) is 5.03. The van der Waals surface area contributed by atoms with Crippen molar-refractivity contribution < 1.29 is 14.6 Å². The normalized spacial score (nSPS) is 10.4. The molecule has 0 fully saturated rings. The predicted molar refractivity (Wildman–Crippen MR) is 84.4 cm³/mol. The molecule has 21 heavy (non-hydrogen) atoms. The van der Waals surface area contributed by atoms with Crippen molar-refractivity contribution in [3.05, 3.63) is 33.8 Å². The fraction of sp³-hybridized carbons (Fsp3) is 0.286. The maximum Gasteiger partial charge on any atom is 0.347 e. The molecule has 0 saturated heterocycles. The van der Waals surface area contributed by atoms with Crippen LogP contribution in [0.15, 0.2) is 18.2 Å². The summed E-state index contributed by atoms with van der Waals surface area (Å²) in [5.74, 6) is -0.365. The van der Waals surface area contributed by atoms with Crippen molar-refractivity contribution in [3.63, 3.8) is 0 Å². The van der Waals surface area contributed by atoms with Crippen LogP contribution in [0.3, 0.4) is 0 Å². The van der Waals surface area contributed by atoms with Crippen molar-refractivity contribution in [2.45, 2.75) is 19.8 Å². The van der Waals surface area contributed by atoms with E-state index in [1.54, 1.807) is 25.3 Å². The lowest BCUT2D eigenvalue weighted by Crippen LogP contribution is -1.98. The van der Waals surface area contributed by atoms with Gasteiger partial charge in [0.1, 0.15) is 10.6 Å². The zero-order valence-corrected chi connectivity index (χ0v) is 13.2. The standard InChI is InChI=1S/C14H15ClN2O3S/c1-3-4-10-12(13(18)19)21-14(17-10)16-8-5-6-11(20-2)9(15)7-8/h5-7H,3-4H2,1-2H3,(H,16,17)(H,18,19). The maximum absolute atomic E-state index is 11.2. The summed E-state index contributed by atoms with van der Waals surface area (Å²) in [6.07, 6.45) is 1.49. The lowest BCUT2D eigenvalue weighted by atomic mass is 10.2. The van der Waals surface area contributed by atoms with E-state index < -0.39 is 5.97 Å². The number of anilines is 2. The van der Waals surface area contributed by atoms with Gasteiger partial charge in [0.15, 0.2) is 5.13 Å². The molecule has 0 bridgehead atoms. The van der Waals surface area contributed by atoms with E-state index in [0.29, 0.717) is 28.0 Å². The van der Waals surface area contributed by atoms with Crippen molar-refractivity contribution in [1.29, 1.82) is 0 Å². The van der Waals surface area contributed by atoms with Crippen LogP contribution in [0.4, 0.5) is 10.8 Å². The van der Waals surface area contributed by atoms with E-state index in [9.17, 15) is 9.90 Å². The highest BCUT2D eigenvalue weighted by molar-refractivity contribution is 7.17. The minimum absolute atomic E-state index is 0.277. The molecule has 0 atom stereocenters. The Hall–Kier alpha value is -1.79. The van der Waals surface area contributed by atoms with E-state index in [4.69, 9.17) is 16.3 Å². The summed E-state index contributed by atoms with van der Waals surface area (Å²) in [5, 5.41) is 13.3. The van der Waals surface area contributed by atoms with Gasteiger partial charge in [-0.05, 0) is 24.6 Å². The van der Waals surface area contributed by atoms with Crippen molar-refractivity contribution in [3.8, 4) is 5.75 Å². The number of nitrogens with zero attached hydrogens (tertiary/aromatic N) is 1. The molecule has 0 amide bonds. The Labute approximate surface area is 131 Å². The van der Waals surface area contributed by atoms with Crippen LogP contribution in [0.5, 0.6) is 5.75 Å². The first-order valence-corrected chi connectivity index (χ1v) is 7.58. The number of aromatic carboxylic acids is 1. The topological polar surface area (TPSA) is 71.5 Å². The van der Waals surface area contributed by atoms with Gasteiger partial charge in [0.05, 0.1) is 17.8 Å². The van der Waals surface area contributed by atoms with E-state index in [2.05, 4.69) is 10.3 Å². The second-order valence-electron chi connectivity index (χ2n) is 4.32. The highest BCUT2D eigenvalue weighted by Crippen LogP contribution is 2.31. The molecule has 1 heterocycles. The minimum atomic E-state index is -0.947. The smallest absolute Gasteiger partial charge is 0.347 e. The van der Waals surface area contributed by atoms with Crippen LogP contribution in [-0.2, 0) is 6.42 Å². The second-order valence-corrected chi connectivity index (χ2v) is 5.73. The van der Waals surface area contributed by atoms with Crippen LogP contribution in [-0.4, -0.2) is 23.2 Å². The second kappa shape index (κ2) is 6.78. The molecule has 0 aliphatic carbocycles. The molecular weight excluding hydrogens is 312 g/mol. The predicted octanol–water partition coefficient (Wildman–Crippen LogP) is 4.20. The van der Waals surface area contributed by atoms with Gasteiger partial charge in [-0.25, -0.2) is 9.78 Å². The number of aryl methyl sites for hydroxylation is 1. The minimum Gasteiger partial charge on any atom is -0.495 e. The van der Waals surface area contributed by atoms with E-state index in [-0.39, 0.29) is 4.88 Å². The maximum atomic E-state index is 11.2. The lowest BCUT2D eigenvalue weighted by molar-refractivity contribution is 0.0700. The van der Waals surface area contributed by atoms with E-state index in [0.717, 1.165) is 23.4 Å². The van der Waals surface area contributed by atoms with Gasteiger partial charge in [0, 0.05) is 5.69 Å². The largest absolute Gasteiger partial charge is 0.495 e. The Morgan fingerprint density at radius 2 is 2.29 bits per heavy atom. The summed E-state index contributed by atoms with van der Waals surface area (Å²) in [7, 11) is 1.55. The summed E-state index contributed by atoms with van der Waals surface area (Å²) in [5.41, 5.74) is 1.34. The Morgan fingerprint density at radius 3 is 2.86 bits per heavy atom. The molecule has 0 spiro atoms. The average Bonchev–Trinajstić information content (AvgIpc) is 2.82. The number of carboxylic acid groups (broad SMARTS) is 1. The third kappa shape index (κ3) is 3.65. The van der Waals surface area contributed by atoms with Crippen molar-refractivity contribution >= 4 is 39.7 Å². The van der Waals surface area contributed by atoms with Crippen LogP contribution < -0.4 is 10.1 Å². The third-order valence-corrected chi connectivity index (χ3v) is 4.08. The number of benzene rings is 1. The molecule has 112 valence electrons. The number of methoxy groups -OCH3 is 1. The zero-order valence-electron chi connectivity index (χ0n) is 11.6. The molecule has 2 aromatic rings. The Morgan fingerprint density at radius 1 is 1.52 bits per heavy atom. The van der Waals surface area contributed by atoms with Crippen LogP contribution in [0.25, 0.3) is 0 Å². The van der Waals surface area contributed by atoms with Crippen LogP contribution in [0.1, 0.15) is 28.7 Å². The fourth-order valence-corrected chi connectivity index (χ4v) is 2.97. The van der Waals surface area contributed by atoms with Crippen LogP contribution >= 0.6 is 22.9 Å². The van der Waals surface area contributed by atoms with Gasteiger partial charge in [-0.3, -0.25) is 0 Å². The molecule has 0 radical (unpaired) electrons. The van der Waals surface area contributed by atoms with E-state index in [1.807, 2.05) is 6.92 Å². The number of carbonyl (C=O) groups is 1. The van der Waals surface area contributed by atoms with Crippen molar-refractivity contribution in [2.24, 2.45) is 0 Å². The van der Waals surface area contributed by atoms with E-state index >= 15 is 0 Å². The summed E-state index contributed by atoms with van der Waals surface area (Å²) in [6, 6.07) is 5.25. The first-order valence-electron chi connectivity index (χ1n) is 6.38. The van der Waals surface area contributed by atoms with Gasteiger partial charge in [0.25, 0.3) is 0 Å². The van der Waals surface area contributed by atoms with Crippen LogP contribution in [0.2, 0.25) is 5.02 Å². The molecule has 1 aromatic carbocycles. The van der Waals surface area contributed by atoms with Gasteiger partial charge in [-0.2, -0.15) is 0 Å².